The van der Waals surface area contributed by atoms with Gasteiger partial charge in [0.2, 0.25) is 0 Å². The van der Waals surface area contributed by atoms with Crippen LogP contribution in [0.3, 0.4) is 0 Å². The highest BCUT2D eigenvalue weighted by atomic mass is 15.0. The number of hydrogen-bond acceptors (Lipinski definition) is 0. The van der Waals surface area contributed by atoms with E-state index in [9.17, 15) is 0 Å². The van der Waals surface area contributed by atoms with Crippen molar-refractivity contribution in [1.82, 2.24) is 9.13 Å². The summed E-state index contributed by atoms with van der Waals surface area (Å²) < 4.78 is 5.04. The number of hydrogen-bond donors (Lipinski definition) is 0. The Morgan fingerprint density at radius 3 is 1.08 bits per heavy atom. The van der Waals surface area contributed by atoms with Crippen LogP contribution in [0.2, 0.25) is 0 Å². The third-order valence-corrected chi connectivity index (χ3v) is 15.0. The molecule has 0 saturated carbocycles. The van der Waals surface area contributed by atoms with Gasteiger partial charge in [-0.3, -0.25) is 0 Å². The van der Waals surface area contributed by atoms with E-state index in [0.29, 0.717) is 0 Å². The lowest BCUT2D eigenvalue weighted by atomic mass is 9.87. The van der Waals surface area contributed by atoms with Crippen LogP contribution in [0.5, 0.6) is 0 Å². The first-order valence-corrected chi connectivity index (χ1v) is 25.5. The van der Waals surface area contributed by atoms with E-state index in [-0.39, 0.29) is 0 Å². The molecule has 0 radical (unpaired) electrons. The Morgan fingerprint density at radius 2 is 0.554 bits per heavy atom. The first-order valence-electron chi connectivity index (χ1n) is 25.5. The minimum atomic E-state index is 1.10. The lowest BCUT2D eigenvalue weighted by Crippen LogP contribution is -2.02. The van der Waals surface area contributed by atoms with Gasteiger partial charge in [-0.15, -0.1) is 0 Å². The van der Waals surface area contributed by atoms with Crippen LogP contribution in [0.25, 0.3) is 133 Å². The maximum Gasteiger partial charge on any atom is 0.0620 e. The minimum Gasteiger partial charge on any atom is -0.309 e. The molecule has 0 amide bonds. The van der Waals surface area contributed by atoms with Crippen molar-refractivity contribution >= 4 is 43.6 Å². The number of nitrogens with zero attached hydrogens (tertiary/aromatic N) is 2. The van der Waals surface area contributed by atoms with Crippen molar-refractivity contribution in [2.24, 2.45) is 0 Å². The number of aromatic nitrogens is 2. The fraction of sp³-hybridized carbons (Fsp3) is 0. The third-order valence-electron chi connectivity index (χ3n) is 15.0. The van der Waals surface area contributed by atoms with E-state index < -0.39 is 0 Å². The van der Waals surface area contributed by atoms with Gasteiger partial charge in [-0.05, 0) is 110 Å². The predicted octanol–water partition coefficient (Wildman–Crippen LogP) is 19.5. The van der Waals surface area contributed by atoms with Crippen LogP contribution >= 0.6 is 0 Å². The van der Waals surface area contributed by atoms with Crippen molar-refractivity contribution < 1.29 is 0 Å². The first kappa shape index (κ1) is 43.1. The van der Waals surface area contributed by atoms with Gasteiger partial charge in [0, 0.05) is 38.2 Å². The summed E-state index contributed by atoms with van der Waals surface area (Å²) in [6.45, 7) is 0. The first-order chi connectivity index (χ1) is 36.8. The molecule has 2 nitrogen and oxygen atoms in total. The van der Waals surface area contributed by atoms with Gasteiger partial charge in [-0.2, -0.15) is 0 Å². The number of rotatable bonds is 9. The fourth-order valence-corrected chi connectivity index (χ4v) is 11.7. The zero-order chi connectivity index (χ0) is 49.0. The summed E-state index contributed by atoms with van der Waals surface area (Å²) in [5, 5.41) is 4.84. The molecule has 0 saturated heterocycles. The van der Waals surface area contributed by atoms with E-state index in [1.807, 2.05) is 0 Å². The van der Waals surface area contributed by atoms with Gasteiger partial charge in [0.1, 0.15) is 0 Å². The minimum absolute atomic E-state index is 1.10. The van der Waals surface area contributed by atoms with E-state index in [1.165, 1.54) is 82.6 Å². The van der Waals surface area contributed by atoms with Crippen molar-refractivity contribution in [3.05, 3.63) is 291 Å². The highest BCUT2D eigenvalue weighted by molar-refractivity contribution is 6.19. The molecular formula is C72H48N2. The maximum absolute atomic E-state index is 2.58. The predicted molar refractivity (Wildman–Crippen MR) is 313 cm³/mol. The van der Waals surface area contributed by atoms with Crippen molar-refractivity contribution in [2.75, 3.05) is 0 Å². The summed E-state index contributed by atoms with van der Waals surface area (Å²) >= 11 is 0. The van der Waals surface area contributed by atoms with Crippen LogP contribution in [0, 0.1) is 0 Å². The molecular weight excluding hydrogens is 893 g/mol. The van der Waals surface area contributed by atoms with Gasteiger partial charge in [0.05, 0.1) is 33.4 Å². The van der Waals surface area contributed by atoms with Crippen molar-refractivity contribution in [3.63, 3.8) is 0 Å². The van der Waals surface area contributed by atoms with E-state index in [2.05, 4.69) is 300 Å². The van der Waals surface area contributed by atoms with Crippen molar-refractivity contribution in [1.29, 1.82) is 0 Å². The number of para-hydroxylation sites is 4. The van der Waals surface area contributed by atoms with Gasteiger partial charge in [0.25, 0.3) is 0 Å². The summed E-state index contributed by atoms with van der Waals surface area (Å²) in [7, 11) is 0. The summed E-state index contributed by atoms with van der Waals surface area (Å²) in [4.78, 5) is 0. The standard InChI is InChI=1S/C72H48N2/c1-5-25-49(26-6-1)54-33-13-14-35-56(54)53-45-63(52-31-11-4-12-32-52)72-66(46-53)65-47-64(57-36-16-15-34-55(57)50-27-7-2-8-28-50)62(51-29-9-3-10-30-51)48-71(65)74(72)70-44-24-20-40-61(70)60-39-19-23-43-69(60)73-67-41-21-17-37-58(67)59-38-18-22-42-68(59)73/h1-48H. The van der Waals surface area contributed by atoms with Crippen LogP contribution < -0.4 is 0 Å². The highest BCUT2D eigenvalue weighted by Crippen LogP contribution is 2.49. The molecule has 2 aromatic heterocycles. The Kier molecular flexibility index (Phi) is 10.6. The van der Waals surface area contributed by atoms with Crippen molar-refractivity contribution in [2.45, 2.75) is 0 Å². The Bertz CT molecular complexity index is 4340. The van der Waals surface area contributed by atoms with E-state index in [1.54, 1.807) is 0 Å². The summed E-state index contributed by atoms with van der Waals surface area (Å²) in [6, 6.07) is 107. The second-order valence-electron chi connectivity index (χ2n) is 19.1. The van der Waals surface area contributed by atoms with E-state index in [4.69, 9.17) is 0 Å². The molecule has 0 aliphatic heterocycles. The Balaban J connectivity index is 1.14. The molecule has 12 aromatic carbocycles. The molecule has 2 heterocycles. The second-order valence-corrected chi connectivity index (χ2v) is 19.1. The fourth-order valence-electron chi connectivity index (χ4n) is 11.7. The average molecular weight is 941 g/mol. The molecule has 0 fully saturated rings. The highest BCUT2D eigenvalue weighted by Gasteiger charge is 2.25. The monoisotopic (exact) mass is 940 g/mol. The molecule has 346 valence electrons. The molecule has 0 aliphatic rings. The van der Waals surface area contributed by atoms with Gasteiger partial charge < -0.3 is 9.13 Å². The maximum atomic E-state index is 2.58. The van der Waals surface area contributed by atoms with Crippen LogP contribution in [-0.2, 0) is 0 Å². The molecule has 0 aliphatic carbocycles. The van der Waals surface area contributed by atoms with Gasteiger partial charge in [-0.1, -0.05) is 243 Å². The van der Waals surface area contributed by atoms with E-state index >= 15 is 0 Å². The molecule has 14 rings (SSSR count). The molecule has 2 heteroatoms. The normalized spacial score (nSPS) is 11.5. The quantitative estimate of drug-likeness (QED) is 0.136. The average Bonchev–Trinajstić information content (AvgIpc) is 4.00. The third kappa shape index (κ3) is 7.19. The Morgan fingerprint density at radius 1 is 0.176 bits per heavy atom. The van der Waals surface area contributed by atoms with Crippen LogP contribution in [-0.4, -0.2) is 9.13 Å². The molecule has 0 spiro atoms. The smallest absolute Gasteiger partial charge is 0.0620 e. The van der Waals surface area contributed by atoms with Gasteiger partial charge >= 0.3 is 0 Å². The van der Waals surface area contributed by atoms with Crippen molar-refractivity contribution in [3.8, 4) is 89.3 Å². The molecule has 0 N–H and O–H groups in total. The molecule has 14 aromatic rings. The lowest BCUT2D eigenvalue weighted by molar-refractivity contribution is 1.16. The van der Waals surface area contributed by atoms with Gasteiger partial charge in [0.15, 0.2) is 0 Å². The van der Waals surface area contributed by atoms with E-state index in [0.717, 1.165) is 50.2 Å². The summed E-state index contributed by atoms with van der Waals surface area (Å²) in [5.74, 6) is 0. The largest absolute Gasteiger partial charge is 0.309 e. The Hall–Kier alpha value is -9.76. The van der Waals surface area contributed by atoms with Crippen LogP contribution in [0.15, 0.2) is 291 Å². The molecule has 0 bridgehead atoms. The van der Waals surface area contributed by atoms with Gasteiger partial charge in [-0.25, -0.2) is 0 Å². The summed E-state index contributed by atoms with van der Waals surface area (Å²) in [6.07, 6.45) is 0. The topological polar surface area (TPSA) is 9.86 Å². The van der Waals surface area contributed by atoms with Crippen LogP contribution in [0.1, 0.15) is 0 Å². The van der Waals surface area contributed by atoms with Crippen LogP contribution in [0.4, 0.5) is 0 Å². The SMILES string of the molecule is c1ccc(-c2ccccc2-c2cc(-c3ccccc3)c3c(c2)c2cc(-c4ccccc4-c4ccccc4)c(-c4ccccc4)cc2n3-c2ccccc2-c2ccccc2-n2c3ccccc3c3ccccc32)cc1. The lowest BCUT2D eigenvalue weighted by Gasteiger charge is -2.20. The molecule has 74 heavy (non-hydrogen) atoms. The molecule has 0 atom stereocenters. The zero-order valence-electron chi connectivity index (χ0n) is 40.6. The zero-order valence-corrected chi connectivity index (χ0v) is 40.6. The number of benzene rings is 12. The Labute approximate surface area is 431 Å². The summed E-state index contributed by atoms with van der Waals surface area (Å²) in [5.41, 5.74) is 23.3. The molecule has 0 unspecified atom stereocenters. The second kappa shape index (κ2) is 18.1. The number of fused-ring (bicyclic) bond motifs is 6.